The molecule has 0 fully saturated rings. The van der Waals surface area contributed by atoms with E-state index in [0.717, 1.165) is 185 Å². The van der Waals surface area contributed by atoms with Gasteiger partial charge in [0.05, 0.1) is 5.56 Å². The highest BCUT2D eigenvalue weighted by Gasteiger charge is 2.34. The van der Waals surface area contributed by atoms with Crippen molar-refractivity contribution in [2.24, 2.45) is 0 Å². The summed E-state index contributed by atoms with van der Waals surface area (Å²) in [6.07, 6.45) is 55.1. The van der Waals surface area contributed by atoms with Gasteiger partial charge in [0.25, 0.3) is 0 Å². The van der Waals surface area contributed by atoms with Gasteiger partial charge in [-0.1, -0.05) is 237 Å². The van der Waals surface area contributed by atoms with Gasteiger partial charge in [0.1, 0.15) is 53.7 Å². The highest BCUT2D eigenvalue weighted by molar-refractivity contribution is 5.94. The number of allylic oxidation sites excluding steroid dienone is 24. The zero-order chi connectivity index (χ0) is 109. The summed E-state index contributed by atoms with van der Waals surface area (Å²) < 4.78 is 99.5. The zero-order valence-electron chi connectivity index (χ0n) is 91.4. The van der Waals surface area contributed by atoms with Crippen LogP contribution in [0.1, 0.15) is 354 Å². The first-order chi connectivity index (χ1) is 71.6. The Kier molecular flexibility index (Phi) is 51.2. The highest BCUT2D eigenvalue weighted by Crippen LogP contribution is 2.41. The topological polar surface area (TPSA) is 198 Å². The summed E-state index contributed by atoms with van der Waals surface area (Å²) in [5.74, 6) is -7.38. The van der Waals surface area contributed by atoms with Gasteiger partial charge in [-0.05, 0) is 404 Å². The molecule has 0 saturated carbocycles. The Morgan fingerprint density at radius 1 is 0.260 bits per heavy atom. The highest BCUT2D eigenvalue weighted by atomic mass is 19.2. The molecule has 0 aliphatic carbocycles. The molecular formula is C131H155F5O14. The van der Waals surface area contributed by atoms with Crippen LogP contribution in [0.5, 0.6) is 11.5 Å². The predicted octanol–water partition coefficient (Wildman–Crippen LogP) is 35.7. The molecule has 150 heavy (non-hydrogen) atoms. The molecule has 6 aliphatic rings. The molecule has 0 aromatic heterocycles. The lowest BCUT2D eigenvalue weighted by atomic mass is 10.0. The van der Waals surface area contributed by atoms with Gasteiger partial charge in [-0.25, -0.2) is 50.7 Å². The second kappa shape index (κ2) is 63.2. The maximum Gasteiger partial charge on any atom is 0.334 e. The van der Waals surface area contributed by atoms with E-state index in [0.29, 0.717) is 54.4 Å². The molecule has 6 heterocycles. The summed E-state index contributed by atoms with van der Waals surface area (Å²) in [7, 11) is 0. The molecule has 0 spiro atoms. The third-order valence-electron chi connectivity index (χ3n) is 25.7. The number of carbonyl (C=O) groups excluding carboxylic acids is 6. The fraction of sp³-hybridized carbons (Fsp3) is 0.374. The molecule has 6 atom stereocenters. The van der Waals surface area contributed by atoms with Crippen molar-refractivity contribution in [2.75, 3.05) is 0 Å². The molecule has 0 unspecified atom stereocenters. The fourth-order valence-corrected chi connectivity index (χ4v) is 17.1. The molecule has 2 N–H and O–H groups in total. The lowest BCUT2D eigenvalue weighted by Crippen LogP contribution is -2.06. The van der Waals surface area contributed by atoms with E-state index in [4.69, 9.17) is 28.4 Å². The summed E-state index contributed by atoms with van der Waals surface area (Å²) in [6.45, 7) is 40.0. The number of hydrogen-bond acceptors (Lipinski definition) is 14. The first-order valence-corrected chi connectivity index (χ1v) is 52.5. The van der Waals surface area contributed by atoms with Crippen molar-refractivity contribution < 1.29 is 89.4 Å². The number of fused-ring (bicyclic) bond motifs is 1. The number of ether oxygens (including phenoxy) is 6. The normalized spacial score (nSPS) is 17.3. The Morgan fingerprint density at radius 3 is 0.907 bits per heavy atom. The third kappa shape index (κ3) is 42.7. The van der Waals surface area contributed by atoms with Gasteiger partial charge in [0, 0.05) is 44.6 Å². The minimum Gasteiger partial charge on any atom is -0.508 e. The quantitative estimate of drug-likeness (QED) is 0.00915. The SMILES string of the molecule is CC(C)=CCC/C(C)=C/CCC1=C[C@@H](c2ccc3ccccc3c2)OC1=O.CC(C)=CCC/C(C)=C/CCC1=C[C@@H](c2ccccc2)OC1=O.CC(C)=CCC/C(C)=C/CCC1=C[C@@H](c2ccccc2C)OC1=O.CC(C)=CCC/C(C)=C/CCC1=C[C@H](c2c(F)cccc2F)OC1=O.CC(C)=CCC/C(C)=C/CCC1=C[C@H](c2cc(F)c(F)c(F)c2)OC1=O.CC(C)=CCC/C(C)=C/CCC1=C[C@H](c2cc(O)ccc2O)OC1=O. The molecule has 0 saturated heterocycles. The van der Waals surface area contributed by atoms with Crippen molar-refractivity contribution in [3.63, 3.8) is 0 Å². The van der Waals surface area contributed by atoms with Crippen LogP contribution in [0, 0.1) is 36.0 Å². The number of benzene rings is 7. The van der Waals surface area contributed by atoms with Crippen LogP contribution in [0.2, 0.25) is 0 Å². The molecule has 7 aromatic rings. The van der Waals surface area contributed by atoms with Crippen molar-refractivity contribution in [2.45, 2.75) is 322 Å². The van der Waals surface area contributed by atoms with Crippen molar-refractivity contribution in [3.8, 4) is 11.5 Å². The zero-order valence-corrected chi connectivity index (χ0v) is 91.4. The maximum atomic E-state index is 13.8. The molecule has 798 valence electrons. The van der Waals surface area contributed by atoms with Gasteiger partial charge < -0.3 is 38.6 Å². The number of carbonyl (C=O) groups is 6. The minimum absolute atomic E-state index is 0.00288. The van der Waals surface area contributed by atoms with E-state index in [2.05, 4.69) is 215 Å². The summed E-state index contributed by atoms with van der Waals surface area (Å²) in [6, 6.07) is 41.9. The number of cyclic esters (lactones) is 6. The van der Waals surface area contributed by atoms with Crippen LogP contribution >= 0.6 is 0 Å². The second-order valence-electron chi connectivity index (χ2n) is 40.6. The minimum atomic E-state index is -1.53. The maximum absolute atomic E-state index is 13.8. The average Bonchev–Trinajstić information content (AvgIpc) is 1.27. The van der Waals surface area contributed by atoms with E-state index in [-0.39, 0.29) is 64.8 Å². The standard InChI is InChI=1S/C25H28O2.C22H28O2.C21H23F3O2.C21H24F2O2.C21H26O4.C21H26O2/c1-18(2)8-6-9-19(3)10-7-13-23-17-24(27-25(23)26)22-15-14-20-11-4-5-12-21(20)16-22;1-16(2)9-7-10-17(3)11-8-13-19-15-21(24-22(19)23)20-14-6-5-12-18(20)4;1-13(2)6-4-7-14(3)8-5-9-15-12-19(26-21(15)25)16-10-17(22)20(24)18(23)11-16;1-14(2)7-4-8-15(3)9-5-10-16-13-19(25-21(16)24)20-17(22)11-6-12-18(20)23;1-14(2)6-4-7-15(3)8-5-9-16-12-20(25-21(16)24)18-13-17(22)10-11-19(18)23;1-16(2)9-7-10-17(3)11-8-14-19-15-20(23-21(19)22)18-12-5-4-6-13-18/h4-5,8,10-12,14-17,24H,6-7,9,13H2,1-3H3;5-6,9,11-12,14-15,21H,7-8,10,13H2,1-4H3;6,8,10-12,19H,4-5,7,9H2,1-3H3;6-7,9,11-13,19H,4-5,8,10H2,1-3H3;6,8,10-13,20,22-23H,4-5,7,9H2,1-3H3;4-6,9,11-13,15,20H,7-8,10,14H2,1-3H3/b19-10+;17-11+;14-8+;15-9+;15-8+;17-11+/t24-;21-;2*19-;2*20-/m001110/s1. The van der Waals surface area contributed by atoms with Crippen LogP contribution in [-0.4, -0.2) is 46.0 Å². The summed E-state index contributed by atoms with van der Waals surface area (Å²) >= 11 is 0. The Morgan fingerprint density at radius 2 is 0.553 bits per heavy atom. The number of aryl methyl sites for hydroxylation is 1. The van der Waals surface area contributed by atoms with E-state index in [1.165, 1.54) is 108 Å². The van der Waals surface area contributed by atoms with Crippen LogP contribution in [0.3, 0.4) is 0 Å². The summed E-state index contributed by atoms with van der Waals surface area (Å²) in [5.41, 5.74) is 24.5. The number of halogens is 5. The van der Waals surface area contributed by atoms with Crippen LogP contribution in [0.15, 0.2) is 355 Å². The van der Waals surface area contributed by atoms with Crippen molar-refractivity contribution >= 4 is 46.6 Å². The van der Waals surface area contributed by atoms with Gasteiger partial charge >= 0.3 is 35.8 Å². The number of phenolic OH excluding ortho intramolecular Hbond substituents is 2. The molecule has 13 rings (SSSR count). The van der Waals surface area contributed by atoms with Crippen molar-refractivity contribution in [1.82, 2.24) is 0 Å². The smallest absolute Gasteiger partial charge is 0.334 e. The number of rotatable bonds is 42. The molecule has 0 bridgehead atoms. The second-order valence-corrected chi connectivity index (χ2v) is 40.6. The monoisotopic (exact) mass is 2050 g/mol. The predicted molar refractivity (Wildman–Crippen MR) is 595 cm³/mol. The number of phenols is 2. The van der Waals surface area contributed by atoms with Crippen LogP contribution in [0.25, 0.3) is 10.8 Å². The number of esters is 6. The van der Waals surface area contributed by atoms with Gasteiger partial charge in [-0.2, -0.15) is 0 Å². The molecular weight excluding hydrogens is 1890 g/mol. The molecule has 7 aromatic carbocycles. The van der Waals surface area contributed by atoms with Crippen LogP contribution in [-0.2, 0) is 57.2 Å². The number of hydrogen-bond donors (Lipinski definition) is 2. The van der Waals surface area contributed by atoms with E-state index >= 15 is 0 Å². The fourth-order valence-electron chi connectivity index (χ4n) is 17.1. The molecule has 0 amide bonds. The number of aromatic hydroxyl groups is 2. The first kappa shape index (κ1) is 121. The van der Waals surface area contributed by atoms with E-state index in [1.807, 2.05) is 105 Å². The van der Waals surface area contributed by atoms with Gasteiger partial charge in [-0.3, -0.25) is 0 Å². The lowest BCUT2D eigenvalue weighted by Gasteiger charge is -2.10. The third-order valence-corrected chi connectivity index (χ3v) is 25.7. The van der Waals surface area contributed by atoms with Crippen LogP contribution in [0.4, 0.5) is 22.0 Å². The molecule has 14 nitrogen and oxygen atoms in total. The Bertz CT molecular complexity index is 6370. The van der Waals surface area contributed by atoms with Crippen LogP contribution < -0.4 is 0 Å². The van der Waals surface area contributed by atoms with E-state index in [9.17, 15) is 60.9 Å². The largest absolute Gasteiger partial charge is 0.508 e. The summed E-state index contributed by atoms with van der Waals surface area (Å²) in [4.78, 5) is 72.2. The molecule has 0 radical (unpaired) electrons. The van der Waals surface area contributed by atoms with Gasteiger partial charge in [0.2, 0.25) is 0 Å². The Hall–Kier alpha value is -13.8. The van der Waals surface area contributed by atoms with Crippen molar-refractivity contribution in [3.05, 3.63) is 423 Å². The Balaban J connectivity index is 0.000000219. The van der Waals surface area contributed by atoms with Gasteiger partial charge in [0.15, 0.2) is 23.6 Å². The van der Waals surface area contributed by atoms with E-state index < -0.39 is 59.3 Å². The lowest BCUT2D eigenvalue weighted by molar-refractivity contribution is -0.141. The van der Waals surface area contributed by atoms with E-state index in [1.54, 1.807) is 12.2 Å². The van der Waals surface area contributed by atoms with Gasteiger partial charge in [-0.15, -0.1) is 0 Å². The first-order valence-electron chi connectivity index (χ1n) is 52.5. The average molecular weight is 2050 g/mol. The van der Waals surface area contributed by atoms with Crippen molar-refractivity contribution in [1.29, 1.82) is 0 Å². The Labute approximate surface area is 887 Å². The molecule has 6 aliphatic heterocycles. The molecule has 19 heteroatoms. The summed E-state index contributed by atoms with van der Waals surface area (Å²) in [5, 5.41) is 21.8.